The van der Waals surface area contributed by atoms with Crippen molar-refractivity contribution in [3.63, 3.8) is 0 Å². The minimum atomic E-state index is -1.12. The highest BCUT2D eigenvalue weighted by molar-refractivity contribution is 5.91. The summed E-state index contributed by atoms with van der Waals surface area (Å²) in [7, 11) is 0. The number of aromatic carboxylic acids is 1. The van der Waals surface area contributed by atoms with Crippen LogP contribution in [0.2, 0.25) is 0 Å². The topological polar surface area (TPSA) is 66.8 Å². The standard InChI is InChI=1S/C16H16O3.C7H6O/c1-16(2,11-6-4-3-5-7-11)12-8-9-14(17)13(10-12)15(18)19;1-3-7-4-2-6(1)5-8-7/h3-10,17H,1-2H3,(H,18,19);1-4H,5H2. The molecule has 0 amide bonds. The third kappa shape index (κ3) is 4.11. The molecule has 3 aromatic rings. The second-order valence-corrected chi connectivity index (χ2v) is 6.96. The Hall–Kier alpha value is -3.27. The fraction of sp³-hybridized carbons (Fsp3) is 0.174. The van der Waals surface area contributed by atoms with Crippen LogP contribution in [0.5, 0.6) is 11.5 Å². The molecule has 3 aromatic carbocycles. The van der Waals surface area contributed by atoms with Gasteiger partial charge in [0.1, 0.15) is 23.7 Å². The maximum atomic E-state index is 11.1. The van der Waals surface area contributed by atoms with Crippen LogP contribution in [0, 0.1) is 0 Å². The van der Waals surface area contributed by atoms with Gasteiger partial charge in [0.05, 0.1) is 0 Å². The van der Waals surface area contributed by atoms with Crippen molar-refractivity contribution < 1.29 is 19.7 Å². The van der Waals surface area contributed by atoms with Crippen molar-refractivity contribution in [3.8, 4) is 11.5 Å². The molecule has 2 aliphatic heterocycles. The van der Waals surface area contributed by atoms with E-state index in [9.17, 15) is 9.90 Å². The van der Waals surface area contributed by atoms with Gasteiger partial charge in [-0.15, -0.1) is 0 Å². The van der Waals surface area contributed by atoms with E-state index in [2.05, 4.69) is 12.1 Å². The van der Waals surface area contributed by atoms with E-state index in [4.69, 9.17) is 9.84 Å². The van der Waals surface area contributed by atoms with Gasteiger partial charge in [-0.25, -0.2) is 4.79 Å². The number of aromatic hydroxyl groups is 1. The fourth-order valence-electron chi connectivity index (χ4n) is 2.97. The Kier molecular flexibility index (Phi) is 5.17. The third-order valence-corrected chi connectivity index (χ3v) is 4.77. The molecule has 0 fully saturated rings. The monoisotopic (exact) mass is 362 g/mol. The van der Waals surface area contributed by atoms with Crippen molar-refractivity contribution in [3.05, 3.63) is 95.1 Å². The van der Waals surface area contributed by atoms with Crippen LogP contribution in [0.3, 0.4) is 0 Å². The average Bonchev–Trinajstić information content (AvgIpc) is 2.70. The smallest absolute Gasteiger partial charge is 0.339 e. The molecule has 4 heteroatoms. The first-order chi connectivity index (χ1) is 12.9. The predicted octanol–water partition coefficient (Wildman–Crippen LogP) is 5.00. The first-order valence-corrected chi connectivity index (χ1v) is 8.72. The van der Waals surface area contributed by atoms with E-state index >= 15 is 0 Å². The van der Waals surface area contributed by atoms with Crippen LogP contribution in [0.25, 0.3) is 0 Å². The van der Waals surface area contributed by atoms with Gasteiger partial charge in [-0.05, 0) is 41.0 Å². The zero-order chi connectivity index (χ0) is 19.4. The molecular weight excluding hydrogens is 340 g/mol. The van der Waals surface area contributed by atoms with Gasteiger partial charge in [0, 0.05) is 5.41 Å². The summed E-state index contributed by atoms with van der Waals surface area (Å²) in [5.41, 5.74) is 2.83. The lowest BCUT2D eigenvalue weighted by Crippen LogP contribution is -2.19. The summed E-state index contributed by atoms with van der Waals surface area (Å²) in [6.07, 6.45) is 0. The molecule has 0 spiro atoms. The lowest BCUT2D eigenvalue weighted by molar-refractivity contribution is 0.0693. The van der Waals surface area contributed by atoms with E-state index in [1.54, 1.807) is 6.07 Å². The van der Waals surface area contributed by atoms with Crippen molar-refractivity contribution in [2.75, 3.05) is 0 Å². The summed E-state index contributed by atoms with van der Waals surface area (Å²) in [4.78, 5) is 11.1. The van der Waals surface area contributed by atoms with Crippen molar-refractivity contribution in [1.82, 2.24) is 0 Å². The molecule has 0 aliphatic carbocycles. The molecule has 5 rings (SSSR count). The minimum Gasteiger partial charge on any atom is -0.507 e. The lowest BCUT2D eigenvalue weighted by Gasteiger charge is -2.26. The molecule has 0 radical (unpaired) electrons. The number of carbonyl (C=O) groups is 1. The number of carboxylic acid groups (broad SMARTS) is 1. The molecular formula is C23H22O4. The molecule has 2 heterocycles. The largest absolute Gasteiger partial charge is 0.507 e. The van der Waals surface area contributed by atoms with Crippen LogP contribution in [-0.2, 0) is 12.0 Å². The van der Waals surface area contributed by atoms with Gasteiger partial charge in [0.25, 0.3) is 0 Å². The van der Waals surface area contributed by atoms with Crippen molar-refractivity contribution in [2.45, 2.75) is 25.9 Å². The Labute approximate surface area is 158 Å². The number of fused-ring (bicyclic) bond motifs is 3. The molecule has 4 nitrogen and oxygen atoms in total. The van der Waals surface area contributed by atoms with Crippen LogP contribution in [-0.4, -0.2) is 16.2 Å². The van der Waals surface area contributed by atoms with Gasteiger partial charge < -0.3 is 14.9 Å². The molecule has 2 bridgehead atoms. The van der Waals surface area contributed by atoms with Crippen LogP contribution in [0.4, 0.5) is 0 Å². The maximum absolute atomic E-state index is 11.1. The molecule has 0 saturated heterocycles. The average molecular weight is 362 g/mol. The highest BCUT2D eigenvalue weighted by atomic mass is 16.5. The SMILES string of the molecule is CC(C)(c1ccccc1)c1ccc(O)c(C(=O)O)c1.c1cc2ccc1CO2. The van der Waals surface area contributed by atoms with Crippen LogP contribution in [0.1, 0.15) is 40.9 Å². The molecule has 0 aromatic heterocycles. The fourth-order valence-corrected chi connectivity index (χ4v) is 2.97. The minimum absolute atomic E-state index is 0.0680. The van der Waals surface area contributed by atoms with Gasteiger partial charge in [-0.3, -0.25) is 0 Å². The lowest BCUT2D eigenvalue weighted by atomic mass is 9.77. The van der Waals surface area contributed by atoms with Crippen molar-refractivity contribution in [1.29, 1.82) is 0 Å². The van der Waals surface area contributed by atoms with Gasteiger partial charge in [-0.2, -0.15) is 0 Å². The molecule has 2 N–H and O–H groups in total. The number of benzene rings is 3. The number of carboxylic acids is 1. The van der Waals surface area contributed by atoms with E-state index in [1.807, 2.05) is 56.3 Å². The Bertz CT molecular complexity index is 905. The van der Waals surface area contributed by atoms with E-state index in [1.165, 1.54) is 17.7 Å². The highest BCUT2D eigenvalue weighted by Crippen LogP contribution is 2.33. The van der Waals surface area contributed by atoms with Crippen LogP contribution in [0.15, 0.2) is 72.8 Å². The van der Waals surface area contributed by atoms with E-state index in [0.29, 0.717) is 0 Å². The number of rotatable bonds is 3. The second kappa shape index (κ2) is 7.54. The Morgan fingerprint density at radius 1 is 0.926 bits per heavy atom. The summed E-state index contributed by atoms with van der Waals surface area (Å²) in [5, 5.41) is 18.6. The number of hydrogen-bond acceptors (Lipinski definition) is 3. The summed E-state index contributed by atoms with van der Waals surface area (Å²) >= 11 is 0. The number of hydrogen-bond donors (Lipinski definition) is 2. The zero-order valence-electron chi connectivity index (χ0n) is 15.3. The number of ether oxygens (including phenoxy) is 1. The normalized spacial score (nSPS) is 11.9. The summed E-state index contributed by atoms with van der Waals surface area (Å²) in [6, 6.07) is 22.7. The van der Waals surface area contributed by atoms with Gasteiger partial charge in [-0.1, -0.05) is 62.4 Å². The molecule has 0 unspecified atom stereocenters. The quantitative estimate of drug-likeness (QED) is 0.688. The summed E-state index contributed by atoms with van der Waals surface area (Å²) in [6.45, 7) is 4.82. The Balaban J connectivity index is 0.000000216. The Morgan fingerprint density at radius 3 is 2.04 bits per heavy atom. The molecule has 0 atom stereocenters. The molecule has 27 heavy (non-hydrogen) atoms. The predicted molar refractivity (Wildman–Crippen MR) is 104 cm³/mol. The molecule has 138 valence electrons. The highest BCUT2D eigenvalue weighted by Gasteiger charge is 2.24. The van der Waals surface area contributed by atoms with E-state index < -0.39 is 5.97 Å². The van der Waals surface area contributed by atoms with E-state index in [0.717, 1.165) is 23.5 Å². The summed E-state index contributed by atoms with van der Waals surface area (Å²) < 4.78 is 5.18. The van der Waals surface area contributed by atoms with Crippen molar-refractivity contribution >= 4 is 5.97 Å². The van der Waals surface area contributed by atoms with Crippen molar-refractivity contribution in [2.24, 2.45) is 0 Å². The maximum Gasteiger partial charge on any atom is 0.339 e. The second-order valence-electron chi connectivity index (χ2n) is 6.96. The van der Waals surface area contributed by atoms with Crippen LogP contribution < -0.4 is 4.74 Å². The Morgan fingerprint density at radius 2 is 1.59 bits per heavy atom. The van der Waals surface area contributed by atoms with Crippen LogP contribution >= 0.6 is 0 Å². The first kappa shape index (κ1) is 18.5. The van der Waals surface area contributed by atoms with Gasteiger partial charge >= 0.3 is 5.97 Å². The van der Waals surface area contributed by atoms with Gasteiger partial charge in [0.15, 0.2) is 0 Å². The summed E-state index contributed by atoms with van der Waals surface area (Å²) in [5.74, 6) is -0.344. The first-order valence-electron chi connectivity index (χ1n) is 8.72. The van der Waals surface area contributed by atoms with E-state index in [-0.39, 0.29) is 16.7 Å². The number of phenols is 1. The molecule has 0 saturated carbocycles. The third-order valence-electron chi connectivity index (χ3n) is 4.77. The zero-order valence-corrected chi connectivity index (χ0v) is 15.3. The van der Waals surface area contributed by atoms with Gasteiger partial charge in [0.2, 0.25) is 0 Å². The molecule has 2 aliphatic rings.